The third kappa shape index (κ3) is 2.90. The van der Waals surface area contributed by atoms with Crippen LogP contribution in [-0.4, -0.2) is 10.2 Å². The maximum absolute atomic E-state index is 10.3. The van der Waals surface area contributed by atoms with Crippen molar-refractivity contribution in [1.29, 1.82) is 0 Å². The Labute approximate surface area is 127 Å². The monoisotopic (exact) mass is 284 g/mol. The van der Waals surface area contributed by atoms with E-state index < -0.39 is 0 Å². The van der Waals surface area contributed by atoms with Gasteiger partial charge in [-0.05, 0) is 78.3 Å². The van der Waals surface area contributed by atoms with Gasteiger partial charge in [0.25, 0.3) is 0 Å². The van der Waals surface area contributed by atoms with Gasteiger partial charge in [0.2, 0.25) is 0 Å². The summed E-state index contributed by atoms with van der Waals surface area (Å²) in [6, 6.07) is 8.02. The van der Waals surface area contributed by atoms with E-state index in [2.05, 4.69) is 20.8 Å². The molecule has 0 atom stereocenters. The number of hydrogen-bond acceptors (Lipinski definition) is 2. The molecule has 2 heteroatoms. The van der Waals surface area contributed by atoms with E-state index in [1.54, 1.807) is 0 Å². The topological polar surface area (TPSA) is 40.5 Å². The Morgan fingerprint density at radius 1 is 0.667 bits per heavy atom. The number of benzene rings is 2. The molecule has 2 aromatic carbocycles. The predicted molar refractivity (Wildman–Crippen MR) is 88.1 cm³/mol. The summed E-state index contributed by atoms with van der Waals surface area (Å²) in [5.74, 6) is 0.726. The minimum absolute atomic E-state index is 0.119. The molecule has 2 rings (SSSR count). The van der Waals surface area contributed by atoms with Crippen LogP contribution in [0.15, 0.2) is 24.3 Å². The average molecular weight is 284 g/mol. The second kappa shape index (κ2) is 5.10. The summed E-state index contributed by atoms with van der Waals surface area (Å²) in [6.45, 7) is 12.0. The van der Waals surface area contributed by atoms with Gasteiger partial charge in [-0.3, -0.25) is 0 Å². The molecule has 21 heavy (non-hydrogen) atoms. The zero-order valence-corrected chi connectivity index (χ0v) is 13.7. The van der Waals surface area contributed by atoms with Gasteiger partial charge in [-0.2, -0.15) is 0 Å². The van der Waals surface area contributed by atoms with Gasteiger partial charge in [0.05, 0.1) is 0 Å². The standard InChI is InChI=1S/C19H24O2/c1-11-7-14(8-12(2)17(11)20)15-9-13(3)18(21)16(10-15)19(4,5)6/h7-10,20-21H,1-6H3. The van der Waals surface area contributed by atoms with Crippen molar-refractivity contribution in [3.05, 3.63) is 46.5 Å². The molecule has 0 spiro atoms. The van der Waals surface area contributed by atoms with Gasteiger partial charge >= 0.3 is 0 Å². The maximum Gasteiger partial charge on any atom is 0.122 e. The van der Waals surface area contributed by atoms with Crippen LogP contribution in [0.1, 0.15) is 43.0 Å². The van der Waals surface area contributed by atoms with E-state index in [-0.39, 0.29) is 5.41 Å². The van der Waals surface area contributed by atoms with E-state index in [0.717, 1.165) is 33.4 Å². The van der Waals surface area contributed by atoms with Gasteiger partial charge in [-0.25, -0.2) is 0 Å². The minimum Gasteiger partial charge on any atom is -0.507 e. The van der Waals surface area contributed by atoms with Crippen molar-refractivity contribution < 1.29 is 10.2 Å². The zero-order valence-electron chi connectivity index (χ0n) is 13.7. The van der Waals surface area contributed by atoms with Crippen molar-refractivity contribution in [2.45, 2.75) is 47.0 Å². The van der Waals surface area contributed by atoms with Crippen LogP contribution in [0.5, 0.6) is 11.5 Å². The van der Waals surface area contributed by atoms with Crippen LogP contribution < -0.4 is 0 Å². The Morgan fingerprint density at radius 3 is 1.48 bits per heavy atom. The zero-order chi connectivity index (χ0) is 15.9. The average Bonchev–Trinajstić information content (AvgIpc) is 2.37. The molecule has 0 bridgehead atoms. The van der Waals surface area contributed by atoms with Gasteiger partial charge in [-0.15, -0.1) is 0 Å². The molecular formula is C19H24O2. The number of phenolic OH excluding ortho intramolecular Hbond substituents is 2. The van der Waals surface area contributed by atoms with Crippen LogP contribution in [0.2, 0.25) is 0 Å². The van der Waals surface area contributed by atoms with Crippen molar-refractivity contribution in [2.24, 2.45) is 0 Å². The Kier molecular flexibility index (Phi) is 3.75. The number of hydrogen-bond donors (Lipinski definition) is 2. The first-order chi connectivity index (χ1) is 9.61. The lowest BCUT2D eigenvalue weighted by Gasteiger charge is -2.23. The molecule has 0 amide bonds. The first-order valence-corrected chi connectivity index (χ1v) is 7.26. The first-order valence-electron chi connectivity index (χ1n) is 7.26. The summed E-state index contributed by atoms with van der Waals surface area (Å²) in [5.41, 5.74) is 5.58. The summed E-state index contributed by atoms with van der Waals surface area (Å²) in [7, 11) is 0. The van der Waals surface area contributed by atoms with Crippen molar-refractivity contribution in [1.82, 2.24) is 0 Å². The van der Waals surface area contributed by atoms with Gasteiger partial charge in [0, 0.05) is 5.56 Å². The fourth-order valence-corrected chi connectivity index (χ4v) is 2.64. The van der Waals surface area contributed by atoms with Crippen molar-refractivity contribution in [2.75, 3.05) is 0 Å². The molecule has 2 N–H and O–H groups in total. The third-order valence-electron chi connectivity index (χ3n) is 3.93. The first kappa shape index (κ1) is 15.4. The van der Waals surface area contributed by atoms with Crippen LogP contribution >= 0.6 is 0 Å². The summed E-state index contributed by atoms with van der Waals surface area (Å²) in [4.78, 5) is 0. The van der Waals surface area contributed by atoms with Gasteiger partial charge in [0.1, 0.15) is 11.5 Å². The van der Waals surface area contributed by atoms with Gasteiger partial charge in [0.15, 0.2) is 0 Å². The van der Waals surface area contributed by atoms with E-state index in [1.165, 1.54) is 0 Å². The highest BCUT2D eigenvalue weighted by molar-refractivity contribution is 5.70. The summed E-state index contributed by atoms with van der Waals surface area (Å²) in [6.07, 6.45) is 0. The van der Waals surface area contributed by atoms with Crippen LogP contribution in [0.25, 0.3) is 11.1 Å². The molecule has 0 aliphatic carbocycles. The molecule has 0 aliphatic rings. The van der Waals surface area contributed by atoms with Crippen LogP contribution in [0, 0.1) is 20.8 Å². The smallest absolute Gasteiger partial charge is 0.122 e. The van der Waals surface area contributed by atoms with Crippen LogP contribution in [-0.2, 0) is 5.41 Å². The molecule has 0 saturated heterocycles. The summed E-state index contributed by atoms with van der Waals surface area (Å²) in [5, 5.41) is 20.2. The molecule has 2 nitrogen and oxygen atoms in total. The normalized spacial score (nSPS) is 11.7. The number of aromatic hydroxyl groups is 2. The van der Waals surface area contributed by atoms with E-state index in [4.69, 9.17) is 0 Å². The third-order valence-corrected chi connectivity index (χ3v) is 3.93. The Balaban J connectivity index is 2.68. The molecule has 112 valence electrons. The number of rotatable bonds is 1. The molecular weight excluding hydrogens is 260 g/mol. The number of phenols is 2. The van der Waals surface area contributed by atoms with E-state index >= 15 is 0 Å². The van der Waals surface area contributed by atoms with Crippen molar-refractivity contribution >= 4 is 0 Å². The minimum atomic E-state index is -0.119. The molecule has 0 aromatic heterocycles. The van der Waals surface area contributed by atoms with E-state index in [0.29, 0.717) is 11.5 Å². The molecule has 0 unspecified atom stereocenters. The fourth-order valence-electron chi connectivity index (χ4n) is 2.64. The second-order valence-corrected chi connectivity index (χ2v) is 6.90. The molecule has 0 radical (unpaired) electrons. The largest absolute Gasteiger partial charge is 0.507 e. The van der Waals surface area contributed by atoms with E-state index in [9.17, 15) is 10.2 Å². The fraction of sp³-hybridized carbons (Fsp3) is 0.368. The lowest BCUT2D eigenvalue weighted by molar-refractivity contribution is 0.443. The molecule has 0 fully saturated rings. The highest BCUT2D eigenvalue weighted by Crippen LogP contribution is 2.38. The quantitative estimate of drug-likeness (QED) is 0.774. The molecule has 0 aliphatic heterocycles. The van der Waals surface area contributed by atoms with Crippen LogP contribution in [0.4, 0.5) is 0 Å². The van der Waals surface area contributed by atoms with Crippen molar-refractivity contribution in [3.8, 4) is 22.6 Å². The highest BCUT2D eigenvalue weighted by atomic mass is 16.3. The number of aryl methyl sites for hydroxylation is 3. The van der Waals surface area contributed by atoms with Gasteiger partial charge < -0.3 is 10.2 Å². The van der Waals surface area contributed by atoms with Gasteiger partial charge in [-0.1, -0.05) is 20.8 Å². The summed E-state index contributed by atoms with van der Waals surface area (Å²) < 4.78 is 0. The lowest BCUT2D eigenvalue weighted by atomic mass is 9.83. The SMILES string of the molecule is Cc1cc(-c2cc(C)c(O)c(C(C)(C)C)c2)cc(C)c1O. The van der Waals surface area contributed by atoms with Crippen LogP contribution in [0.3, 0.4) is 0 Å². The molecule has 0 heterocycles. The molecule has 0 saturated carbocycles. The lowest BCUT2D eigenvalue weighted by Crippen LogP contribution is -2.12. The second-order valence-electron chi connectivity index (χ2n) is 6.90. The Hall–Kier alpha value is -1.96. The van der Waals surface area contributed by atoms with Crippen molar-refractivity contribution in [3.63, 3.8) is 0 Å². The maximum atomic E-state index is 10.3. The molecule has 2 aromatic rings. The predicted octanol–water partition coefficient (Wildman–Crippen LogP) is 4.99. The van der Waals surface area contributed by atoms with E-state index in [1.807, 2.05) is 45.0 Å². The highest BCUT2D eigenvalue weighted by Gasteiger charge is 2.20. The summed E-state index contributed by atoms with van der Waals surface area (Å²) >= 11 is 0. The Bertz CT molecular complexity index is 668. The Morgan fingerprint density at radius 2 is 1.05 bits per heavy atom.